The van der Waals surface area contributed by atoms with Crippen molar-refractivity contribution in [2.75, 3.05) is 0 Å². The Bertz CT molecular complexity index is 400. The van der Waals surface area contributed by atoms with E-state index in [-0.39, 0.29) is 0 Å². The molecule has 0 unspecified atom stereocenters. The fourth-order valence-electron chi connectivity index (χ4n) is 1.15. The molecule has 2 heteroatoms. The van der Waals surface area contributed by atoms with Crippen molar-refractivity contribution >= 4 is 11.6 Å². The lowest BCUT2D eigenvalue weighted by atomic mass is 10.2. The van der Waals surface area contributed by atoms with Gasteiger partial charge >= 0.3 is 0 Å². The van der Waals surface area contributed by atoms with Crippen LogP contribution in [0.1, 0.15) is 5.76 Å². The molecule has 0 atom stereocenters. The van der Waals surface area contributed by atoms with Gasteiger partial charge in [0, 0.05) is 17.5 Å². The summed E-state index contributed by atoms with van der Waals surface area (Å²) in [4.78, 5) is 0. The summed E-state index contributed by atoms with van der Waals surface area (Å²) in [5, 5.41) is 0.727. The third-order valence-electron chi connectivity index (χ3n) is 1.79. The molecular weight excluding hydrogens is 184 g/mol. The van der Waals surface area contributed by atoms with Crippen LogP contribution in [0.3, 0.4) is 0 Å². The molecule has 1 nitrogen and oxygen atoms in total. The van der Waals surface area contributed by atoms with E-state index in [1.54, 1.807) is 0 Å². The zero-order chi connectivity index (χ0) is 9.26. The van der Waals surface area contributed by atoms with E-state index in [0.29, 0.717) is 5.76 Å². The number of halogens is 1. The first kappa shape index (κ1) is 8.39. The summed E-state index contributed by atoms with van der Waals surface area (Å²) in [6.07, 6.45) is 0. The zero-order valence-electron chi connectivity index (χ0n) is 6.96. The molecule has 0 saturated carbocycles. The molecule has 65 valence electrons. The maximum absolute atomic E-state index is 5.76. The maximum atomic E-state index is 5.76. The molecule has 0 saturated heterocycles. The number of rotatable bonds is 1. The molecule has 1 heterocycles. The quantitative estimate of drug-likeness (QED) is 0.669. The van der Waals surface area contributed by atoms with Crippen molar-refractivity contribution in [1.82, 2.24) is 0 Å². The van der Waals surface area contributed by atoms with Crippen molar-refractivity contribution in [2.45, 2.75) is 0 Å². The van der Waals surface area contributed by atoms with Gasteiger partial charge in [0.15, 0.2) is 0 Å². The van der Waals surface area contributed by atoms with Gasteiger partial charge in [0.1, 0.15) is 11.5 Å². The van der Waals surface area contributed by atoms with Gasteiger partial charge in [0.2, 0.25) is 0 Å². The highest BCUT2D eigenvalue weighted by atomic mass is 35.5. The molecule has 1 aromatic carbocycles. The van der Waals surface area contributed by atoms with Crippen LogP contribution in [0.2, 0.25) is 5.02 Å². The highest BCUT2D eigenvalue weighted by Crippen LogP contribution is 2.23. The third kappa shape index (κ3) is 1.76. The second-order valence-electron chi connectivity index (χ2n) is 2.77. The van der Waals surface area contributed by atoms with E-state index in [4.69, 9.17) is 16.0 Å². The van der Waals surface area contributed by atoms with Crippen molar-refractivity contribution in [2.24, 2.45) is 0 Å². The van der Waals surface area contributed by atoms with Crippen molar-refractivity contribution < 1.29 is 4.42 Å². The lowest BCUT2D eigenvalue weighted by Crippen LogP contribution is -1.71. The number of hydrogen-bond donors (Lipinski definition) is 0. The Morgan fingerprint density at radius 1 is 1.00 bits per heavy atom. The van der Waals surface area contributed by atoms with Gasteiger partial charge in [-0.2, -0.15) is 0 Å². The van der Waals surface area contributed by atoms with Crippen LogP contribution in [0.5, 0.6) is 0 Å². The summed E-state index contributed by atoms with van der Waals surface area (Å²) in [5.74, 6) is 1.49. The van der Waals surface area contributed by atoms with Crippen molar-refractivity contribution in [3.8, 4) is 11.3 Å². The smallest absolute Gasteiger partial charge is 0.134 e. The van der Waals surface area contributed by atoms with Crippen LogP contribution in [0.15, 0.2) is 40.8 Å². The molecule has 0 aliphatic rings. The van der Waals surface area contributed by atoms with Gasteiger partial charge in [-0.1, -0.05) is 11.6 Å². The van der Waals surface area contributed by atoms with Crippen molar-refractivity contribution in [3.63, 3.8) is 0 Å². The molecule has 1 aromatic heterocycles. The molecule has 2 aromatic rings. The van der Waals surface area contributed by atoms with Gasteiger partial charge in [-0.15, -0.1) is 0 Å². The normalized spacial score (nSPS) is 10.3. The Morgan fingerprint density at radius 2 is 1.69 bits per heavy atom. The number of hydrogen-bond acceptors (Lipinski definition) is 1. The molecule has 0 aliphatic carbocycles. The molecule has 0 fully saturated rings. The molecule has 2 rings (SSSR count). The molecule has 13 heavy (non-hydrogen) atoms. The van der Waals surface area contributed by atoms with E-state index in [1.807, 2.05) is 36.4 Å². The molecular formula is C11H8ClO. The van der Waals surface area contributed by atoms with E-state index in [2.05, 4.69) is 6.92 Å². The summed E-state index contributed by atoms with van der Waals surface area (Å²) in [7, 11) is 0. The first-order chi connectivity index (χ1) is 6.25. The van der Waals surface area contributed by atoms with Crippen LogP contribution in [-0.2, 0) is 0 Å². The molecule has 0 amide bonds. The number of benzene rings is 1. The van der Waals surface area contributed by atoms with Gasteiger partial charge in [-0.3, -0.25) is 0 Å². The summed E-state index contributed by atoms with van der Waals surface area (Å²) >= 11 is 5.76. The topological polar surface area (TPSA) is 13.1 Å². The molecule has 1 radical (unpaired) electrons. The van der Waals surface area contributed by atoms with Crippen LogP contribution in [-0.4, -0.2) is 0 Å². The predicted octanol–water partition coefficient (Wildman–Crippen LogP) is 3.78. The molecule has 0 N–H and O–H groups in total. The van der Waals surface area contributed by atoms with Crippen molar-refractivity contribution in [1.29, 1.82) is 0 Å². The SMILES string of the molecule is [CH2]c1ccc(-c2ccc(Cl)cc2)o1. The van der Waals surface area contributed by atoms with E-state index in [1.165, 1.54) is 0 Å². The Morgan fingerprint density at radius 3 is 2.23 bits per heavy atom. The summed E-state index contributed by atoms with van der Waals surface area (Å²) in [6.45, 7) is 3.69. The average Bonchev–Trinajstić information content (AvgIpc) is 2.53. The highest BCUT2D eigenvalue weighted by Gasteiger charge is 2.00. The number of furan rings is 1. The summed E-state index contributed by atoms with van der Waals surface area (Å²) < 4.78 is 5.36. The lowest BCUT2D eigenvalue weighted by Gasteiger charge is -1.95. The monoisotopic (exact) mass is 191 g/mol. The summed E-state index contributed by atoms with van der Waals surface area (Å²) in [6, 6.07) is 11.2. The minimum atomic E-state index is 0.671. The highest BCUT2D eigenvalue weighted by molar-refractivity contribution is 6.30. The van der Waals surface area contributed by atoms with Crippen LogP contribution < -0.4 is 0 Å². The second-order valence-corrected chi connectivity index (χ2v) is 3.21. The zero-order valence-corrected chi connectivity index (χ0v) is 7.71. The average molecular weight is 192 g/mol. The largest absolute Gasteiger partial charge is 0.461 e. The van der Waals surface area contributed by atoms with Gasteiger partial charge in [0.25, 0.3) is 0 Å². The Hall–Kier alpha value is -1.21. The van der Waals surface area contributed by atoms with Gasteiger partial charge in [-0.05, 0) is 36.4 Å². The third-order valence-corrected chi connectivity index (χ3v) is 2.04. The van der Waals surface area contributed by atoms with E-state index in [9.17, 15) is 0 Å². The van der Waals surface area contributed by atoms with E-state index < -0.39 is 0 Å². The lowest BCUT2D eigenvalue weighted by molar-refractivity contribution is 0.563. The minimum absolute atomic E-state index is 0.671. The molecule has 0 spiro atoms. The maximum Gasteiger partial charge on any atom is 0.134 e. The fraction of sp³-hybridized carbons (Fsp3) is 0. The molecule has 0 bridgehead atoms. The fourth-order valence-corrected chi connectivity index (χ4v) is 1.27. The standard InChI is InChI=1S/C11H8ClO/c1-8-2-7-11(13-8)9-3-5-10(12)6-4-9/h2-7H,1H2. The van der Waals surface area contributed by atoms with Crippen LogP contribution >= 0.6 is 11.6 Å². The minimum Gasteiger partial charge on any atom is -0.461 e. The van der Waals surface area contributed by atoms with Gasteiger partial charge < -0.3 is 4.42 Å². The first-order valence-corrected chi connectivity index (χ1v) is 4.31. The Balaban J connectivity index is 2.41. The second kappa shape index (κ2) is 3.27. The Labute approximate surface area is 82.0 Å². The van der Waals surface area contributed by atoms with Gasteiger partial charge in [0.05, 0.1) is 0 Å². The van der Waals surface area contributed by atoms with Crippen LogP contribution in [0.25, 0.3) is 11.3 Å². The predicted molar refractivity (Wildman–Crippen MR) is 53.6 cm³/mol. The van der Waals surface area contributed by atoms with Gasteiger partial charge in [-0.25, -0.2) is 0 Å². The molecule has 0 aliphatic heterocycles. The van der Waals surface area contributed by atoms with Crippen LogP contribution in [0, 0.1) is 6.92 Å². The Kier molecular flexibility index (Phi) is 2.11. The van der Waals surface area contributed by atoms with E-state index in [0.717, 1.165) is 16.3 Å². The summed E-state index contributed by atoms with van der Waals surface area (Å²) in [5.41, 5.74) is 1.01. The van der Waals surface area contributed by atoms with E-state index >= 15 is 0 Å². The van der Waals surface area contributed by atoms with Crippen LogP contribution in [0.4, 0.5) is 0 Å². The van der Waals surface area contributed by atoms with Crippen molar-refractivity contribution in [3.05, 3.63) is 54.1 Å². The first-order valence-electron chi connectivity index (χ1n) is 3.93.